The van der Waals surface area contributed by atoms with Crippen molar-refractivity contribution in [2.24, 2.45) is 0 Å². The lowest BCUT2D eigenvalue weighted by atomic mass is 9.97. The van der Waals surface area contributed by atoms with Crippen LogP contribution >= 0.6 is 0 Å². The Hall–Kier alpha value is -2.22. The van der Waals surface area contributed by atoms with Gasteiger partial charge in [0, 0.05) is 24.0 Å². The molecule has 2 aromatic rings. The minimum atomic E-state index is 0.172. The fraction of sp³-hybridized carbons (Fsp3) is 0.364. The Morgan fingerprint density at radius 1 is 0.458 bits per heavy atom. The van der Waals surface area contributed by atoms with E-state index in [-0.39, 0.29) is 11.6 Å². The predicted molar refractivity (Wildman–Crippen MR) is 96.7 cm³/mol. The largest absolute Gasteiger partial charge is 0.294 e. The van der Waals surface area contributed by atoms with Gasteiger partial charge < -0.3 is 0 Å². The summed E-state index contributed by atoms with van der Waals surface area (Å²) in [5, 5.41) is 0. The summed E-state index contributed by atoms with van der Waals surface area (Å²) >= 11 is 0. The fourth-order valence-corrected chi connectivity index (χ4v) is 3.23. The van der Waals surface area contributed by atoms with Gasteiger partial charge in [-0.3, -0.25) is 9.59 Å². The lowest BCUT2D eigenvalue weighted by Gasteiger charge is -2.07. The van der Waals surface area contributed by atoms with Crippen molar-refractivity contribution in [3.63, 3.8) is 0 Å². The van der Waals surface area contributed by atoms with Crippen molar-refractivity contribution in [3.05, 3.63) is 70.8 Å². The van der Waals surface area contributed by atoms with Crippen LogP contribution in [0.5, 0.6) is 0 Å². The van der Waals surface area contributed by atoms with E-state index in [4.69, 9.17) is 0 Å². The molecule has 0 fully saturated rings. The summed E-state index contributed by atoms with van der Waals surface area (Å²) in [5.41, 5.74) is 4.12. The van der Waals surface area contributed by atoms with Crippen LogP contribution in [-0.4, -0.2) is 11.6 Å². The number of carbonyl (C=O) groups excluding carboxylic acids is 2. The summed E-state index contributed by atoms with van der Waals surface area (Å²) in [6.07, 6.45) is 7.07. The van der Waals surface area contributed by atoms with Crippen molar-refractivity contribution >= 4 is 11.6 Å². The van der Waals surface area contributed by atoms with Crippen molar-refractivity contribution in [1.29, 1.82) is 0 Å². The molecule has 2 heteroatoms. The Labute approximate surface area is 143 Å². The summed E-state index contributed by atoms with van der Waals surface area (Å²) in [7, 11) is 0. The quantitative estimate of drug-likeness (QED) is 0.669. The molecule has 0 heterocycles. The van der Waals surface area contributed by atoms with Gasteiger partial charge in [0.25, 0.3) is 0 Å². The van der Waals surface area contributed by atoms with Crippen molar-refractivity contribution in [1.82, 2.24) is 0 Å². The summed E-state index contributed by atoms with van der Waals surface area (Å²) < 4.78 is 0. The van der Waals surface area contributed by atoms with E-state index in [0.717, 1.165) is 49.7 Å². The summed E-state index contributed by atoms with van der Waals surface area (Å²) in [4.78, 5) is 24.5. The molecule has 0 spiro atoms. The first-order chi connectivity index (χ1) is 11.7. The topological polar surface area (TPSA) is 34.1 Å². The molecule has 2 nitrogen and oxygen atoms in total. The van der Waals surface area contributed by atoms with Crippen LogP contribution in [0.4, 0.5) is 0 Å². The molecule has 0 radical (unpaired) electrons. The van der Waals surface area contributed by atoms with Gasteiger partial charge >= 0.3 is 0 Å². The molecule has 6 rings (SSSR count). The van der Waals surface area contributed by atoms with Crippen LogP contribution in [0.25, 0.3) is 0 Å². The van der Waals surface area contributed by atoms with Crippen LogP contribution in [0.3, 0.4) is 0 Å². The monoisotopic (exact) mass is 320 g/mol. The van der Waals surface area contributed by atoms with E-state index < -0.39 is 0 Å². The molecule has 0 saturated carbocycles. The molecular weight excluding hydrogens is 296 g/mol. The average molecular weight is 320 g/mol. The minimum absolute atomic E-state index is 0.172. The second-order valence-electron chi connectivity index (χ2n) is 6.65. The lowest BCUT2D eigenvalue weighted by Crippen LogP contribution is -2.03. The molecule has 0 saturated heterocycles. The van der Waals surface area contributed by atoms with Crippen molar-refractivity contribution in [2.75, 3.05) is 0 Å². The predicted octanol–water partition coefficient (Wildman–Crippen LogP) is 5.19. The van der Waals surface area contributed by atoms with Crippen LogP contribution in [0, 0.1) is 0 Å². The van der Waals surface area contributed by atoms with Gasteiger partial charge in [-0.2, -0.15) is 0 Å². The molecule has 4 aliphatic carbocycles. The number of hydrogen-bond acceptors (Lipinski definition) is 2. The molecule has 0 N–H and O–H groups in total. The third kappa shape index (κ3) is 4.41. The molecule has 4 bridgehead atoms. The maximum Gasteiger partial charge on any atom is 0.162 e. The maximum absolute atomic E-state index is 12.2. The molecule has 0 amide bonds. The van der Waals surface area contributed by atoms with Crippen LogP contribution < -0.4 is 0 Å². The Bertz CT molecular complexity index is 634. The number of rotatable bonds is 0. The minimum Gasteiger partial charge on any atom is -0.294 e. The zero-order chi connectivity index (χ0) is 16.8. The molecular formula is C22H24O2. The van der Waals surface area contributed by atoms with E-state index in [1.807, 2.05) is 0 Å². The first kappa shape index (κ1) is 16.6. The van der Waals surface area contributed by atoms with E-state index in [1.165, 1.54) is 11.1 Å². The Kier molecular flexibility index (Phi) is 5.58. The van der Waals surface area contributed by atoms with E-state index in [9.17, 15) is 9.59 Å². The first-order valence-electron chi connectivity index (χ1n) is 8.97. The third-order valence-electron chi connectivity index (χ3n) is 4.79. The zero-order valence-electron chi connectivity index (χ0n) is 14.1. The number of carbonyl (C=O) groups is 2. The molecule has 0 unspecified atom stereocenters. The molecule has 0 aliphatic heterocycles. The standard InChI is InChI=1S/C22H24O2/c23-21-7-3-1-5-17-9-11-18(12-10-17)6-2-4-8-22(24)20-15-13-19(21)14-16-20/h9-16H,1-8H2. The highest BCUT2D eigenvalue weighted by Crippen LogP contribution is 2.16. The van der Waals surface area contributed by atoms with Crippen molar-refractivity contribution in [2.45, 2.75) is 51.4 Å². The number of hydrogen-bond donors (Lipinski definition) is 0. The summed E-state index contributed by atoms with van der Waals surface area (Å²) in [5.74, 6) is 0.343. The molecule has 124 valence electrons. The van der Waals surface area contributed by atoms with Gasteiger partial charge in [0.15, 0.2) is 11.6 Å². The second kappa shape index (κ2) is 8.05. The Balaban J connectivity index is 1.73. The number of ketones is 2. The number of aryl methyl sites for hydroxylation is 2. The zero-order valence-corrected chi connectivity index (χ0v) is 14.1. The van der Waals surface area contributed by atoms with E-state index in [0.29, 0.717) is 12.8 Å². The van der Waals surface area contributed by atoms with E-state index in [1.54, 1.807) is 24.3 Å². The van der Waals surface area contributed by atoms with Gasteiger partial charge in [0.1, 0.15) is 0 Å². The summed E-state index contributed by atoms with van der Waals surface area (Å²) in [6, 6.07) is 16.0. The van der Waals surface area contributed by atoms with Gasteiger partial charge in [-0.15, -0.1) is 0 Å². The molecule has 0 aromatic heterocycles. The highest BCUT2D eigenvalue weighted by Gasteiger charge is 2.10. The van der Waals surface area contributed by atoms with Gasteiger partial charge in [0.2, 0.25) is 0 Å². The lowest BCUT2D eigenvalue weighted by molar-refractivity contribution is 0.0967. The van der Waals surface area contributed by atoms with Gasteiger partial charge in [-0.25, -0.2) is 0 Å². The van der Waals surface area contributed by atoms with Gasteiger partial charge in [-0.1, -0.05) is 48.5 Å². The van der Waals surface area contributed by atoms with Crippen LogP contribution in [-0.2, 0) is 12.8 Å². The van der Waals surface area contributed by atoms with Crippen molar-refractivity contribution in [3.8, 4) is 0 Å². The third-order valence-corrected chi connectivity index (χ3v) is 4.79. The van der Waals surface area contributed by atoms with E-state index >= 15 is 0 Å². The Morgan fingerprint density at radius 2 is 0.792 bits per heavy atom. The second-order valence-corrected chi connectivity index (χ2v) is 6.65. The molecule has 24 heavy (non-hydrogen) atoms. The van der Waals surface area contributed by atoms with Gasteiger partial charge in [0.05, 0.1) is 0 Å². The van der Waals surface area contributed by atoms with Crippen LogP contribution in [0.15, 0.2) is 48.5 Å². The average Bonchev–Trinajstić information content (AvgIpc) is 2.62. The summed E-state index contributed by atoms with van der Waals surface area (Å²) in [6.45, 7) is 0. The normalized spacial score (nSPS) is 16.8. The molecule has 4 aliphatic rings. The number of benzene rings is 2. The SMILES string of the molecule is O=C1CCCCc2ccc(cc2)CCCCC(=O)c2ccc1cc2. The highest BCUT2D eigenvalue weighted by atomic mass is 16.1. The molecule has 2 aromatic carbocycles. The first-order valence-corrected chi connectivity index (χ1v) is 8.97. The van der Waals surface area contributed by atoms with Crippen molar-refractivity contribution < 1.29 is 9.59 Å². The Morgan fingerprint density at radius 3 is 1.17 bits per heavy atom. The molecule has 0 atom stereocenters. The smallest absolute Gasteiger partial charge is 0.162 e. The highest BCUT2D eigenvalue weighted by molar-refractivity contribution is 5.99. The van der Waals surface area contributed by atoms with Gasteiger partial charge in [-0.05, 0) is 49.7 Å². The van der Waals surface area contributed by atoms with Crippen LogP contribution in [0.1, 0.15) is 70.4 Å². The van der Waals surface area contributed by atoms with E-state index in [2.05, 4.69) is 24.3 Å². The number of Topliss-reactive ketones (excluding diaryl/α,β-unsaturated/α-hetero) is 2. The fourth-order valence-electron chi connectivity index (χ4n) is 3.23. The van der Waals surface area contributed by atoms with Crippen LogP contribution in [0.2, 0.25) is 0 Å². The maximum atomic E-state index is 12.2.